The zero-order chi connectivity index (χ0) is 22.1. The van der Waals surface area contributed by atoms with Crippen molar-refractivity contribution in [3.63, 3.8) is 0 Å². The number of pyridine rings is 1. The zero-order valence-electron chi connectivity index (χ0n) is 19.2. The van der Waals surface area contributed by atoms with Crippen molar-refractivity contribution in [2.45, 2.75) is 71.8 Å². The van der Waals surface area contributed by atoms with Crippen molar-refractivity contribution < 1.29 is 12.6 Å². The first kappa shape index (κ1) is 21.4. The van der Waals surface area contributed by atoms with Gasteiger partial charge in [0.05, 0.1) is 12.4 Å². The summed E-state index contributed by atoms with van der Waals surface area (Å²) in [6.45, 7) is 7.47. The van der Waals surface area contributed by atoms with Crippen molar-refractivity contribution in [1.29, 1.82) is 0 Å². The molecule has 1 unspecified atom stereocenters. The van der Waals surface area contributed by atoms with Crippen LogP contribution < -0.4 is 0 Å². The van der Waals surface area contributed by atoms with Crippen molar-refractivity contribution in [2.24, 2.45) is 28.1 Å². The molecule has 0 aromatic carbocycles. The summed E-state index contributed by atoms with van der Waals surface area (Å²) >= 11 is 0. The average molecular weight is 442 g/mol. The van der Waals surface area contributed by atoms with Crippen molar-refractivity contribution in [1.82, 2.24) is 4.98 Å². The third-order valence-electron chi connectivity index (χ3n) is 9.78. The van der Waals surface area contributed by atoms with Gasteiger partial charge in [0.25, 0.3) is 10.1 Å². The Balaban J connectivity index is 1.42. The van der Waals surface area contributed by atoms with Gasteiger partial charge in [0, 0.05) is 17.8 Å². The van der Waals surface area contributed by atoms with Gasteiger partial charge in [-0.25, -0.2) is 0 Å². The Morgan fingerprint density at radius 1 is 1.03 bits per heavy atom. The Hall–Kier alpha value is -1.46. The summed E-state index contributed by atoms with van der Waals surface area (Å²) in [6.07, 6.45) is 17.2. The van der Waals surface area contributed by atoms with Crippen LogP contribution in [0.1, 0.15) is 71.3 Å². The van der Waals surface area contributed by atoms with Crippen molar-refractivity contribution in [2.75, 3.05) is 6.26 Å². The maximum Gasteiger partial charge on any atom is 0.264 e. The lowest BCUT2D eigenvalue weighted by Crippen LogP contribution is -2.58. The van der Waals surface area contributed by atoms with E-state index in [0.717, 1.165) is 32.1 Å². The highest BCUT2D eigenvalue weighted by Crippen LogP contribution is 2.71. The summed E-state index contributed by atoms with van der Waals surface area (Å²) in [6, 6.07) is 4.23. The standard InChI is InChI=1S/C26H35NO3S/c1-24-13-14-26(3)23(22(24)10-9-21(24)18-6-5-15-27-17-18)8-7-19-16-20(30-31(4,28)29)11-12-25(19,26)2/h5-6,9-10,15,17,19-20,23H,7-8,11-14,16H2,1-4H3/t19?,20-,23-,24+,25-,26-/m0/s1. The Morgan fingerprint density at radius 3 is 2.55 bits per heavy atom. The fourth-order valence-electron chi connectivity index (χ4n) is 7.85. The molecule has 0 N–H and O–H groups in total. The molecule has 1 heterocycles. The highest BCUT2D eigenvalue weighted by atomic mass is 32.2. The van der Waals surface area contributed by atoms with E-state index in [1.807, 2.05) is 18.5 Å². The predicted molar refractivity (Wildman–Crippen MR) is 124 cm³/mol. The molecule has 3 saturated carbocycles. The molecular weight excluding hydrogens is 406 g/mol. The van der Waals surface area contributed by atoms with Gasteiger partial charge in [-0.05, 0) is 84.8 Å². The number of hydrogen-bond donors (Lipinski definition) is 0. The van der Waals surface area contributed by atoms with Gasteiger partial charge in [-0.3, -0.25) is 9.17 Å². The van der Waals surface area contributed by atoms with Crippen LogP contribution in [0.25, 0.3) is 5.57 Å². The smallest absolute Gasteiger partial charge is 0.264 e. The van der Waals surface area contributed by atoms with E-state index in [2.05, 4.69) is 44.0 Å². The Bertz CT molecular complexity index is 1050. The zero-order valence-corrected chi connectivity index (χ0v) is 20.0. The first-order chi connectivity index (χ1) is 14.6. The monoisotopic (exact) mass is 441 g/mol. The molecule has 1 aromatic heterocycles. The summed E-state index contributed by atoms with van der Waals surface area (Å²) in [7, 11) is -3.39. The van der Waals surface area contributed by atoms with Crippen LogP contribution >= 0.6 is 0 Å². The summed E-state index contributed by atoms with van der Waals surface area (Å²) in [4.78, 5) is 4.37. The minimum Gasteiger partial charge on any atom is -0.267 e. The van der Waals surface area contributed by atoms with Gasteiger partial charge < -0.3 is 0 Å². The van der Waals surface area contributed by atoms with Crippen LogP contribution in [-0.4, -0.2) is 25.8 Å². The molecule has 4 aliphatic rings. The normalized spacial score (nSPS) is 42.1. The van der Waals surface area contributed by atoms with E-state index in [-0.39, 0.29) is 22.3 Å². The van der Waals surface area contributed by atoms with Gasteiger partial charge in [0.15, 0.2) is 0 Å². The lowest BCUT2D eigenvalue weighted by Gasteiger charge is -2.65. The number of nitrogens with zero attached hydrogens (tertiary/aromatic N) is 1. The highest BCUT2D eigenvalue weighted by Gasteiger charge is 2.62. The predicted octanol–water partition coefficient (Wildman–Crippen LogP) is 5.77. The summed E-state index contributed by atoms with van der Waals surface area (Å²) in [5.74, 6) is 1.12. The maximum atomic E-state index is 11.7. The van der Waals surface area contributed by atoms with Crippen LogP contribution in [0.3, 0.4) is 0 Å². The fraction of sp³-hybridized carbons (Fsp3) is 0.654. The molecule has 5 heteroatoms. The quantitative estimate of drug-likeness (QED) is 0.559. The van der Waals surface area contributed by atoms with Crippen molar-refractivity contribution in [3.8, 4) is 0 Å². The summed E-state index contributed by atoms with van der Waals surface area (Å²) in [5, 5.41) is 0. The van der Waals surface area contributed by atoms with Gasteiger partial charge in [-0.15, -0.1) is 0 Å². The van der Waals surface area contributed by atoms with Gasteiger partial charge >= 0.3 is 0 Å². The molecule has 4 aliphatic carbocycles. The lowest BCUT2D eigenvalue weighted by atomic mass is 9.39. The fourth-order valence-corrected chi connectivity index (χ4v) is 8.52. The molecule has 1 aromatic rings. The number of aromatic nitrogens is 1. The van der Waals surface area contributed by atoms with E-state index in [1.54, 1.807) is 5.57 Å². The molecule has 31 heavy (non-hydrogen) atoms. The molecule has 0 saturated heterocycles. The van der Waals surface area contributed by atoms with Crippen LogP contribution in [0.15, 0.2) is 42.3 Å². The molecule has 168 valence electrons. The van der Waals surface area contributed by atoms with E-state index in [9.17, 15) is 8.42 Å². The van der Waals surface area contributed by atoms with Crippen LogP contribution in [0.4, 0.5) is 0 Å². The molecule has 0 aliphatic heterocycles. The van der Waals surface area contributed by atoms with E-state index >= 15 is 0 Å². The van der Waals surface area contributed by atoms with E-state index in [0.29, 0.717) is 11.8 Å². The largest absolute Gasteiger partial charge is 0.267 e. The molecule has 0 spiro atoms. The molecule has 4 nitrogen and oxygen atoms in total. The lowest BCUT2D eigenvalue weighted by molar-refractivity contribution is -0.134. The minimum atomic E-state index is -3.39. The summed E-state index contributed by atoms with van der Waals surface area (Å²) < 4.78 is 28.8. The Kier molecular flexibility index (Phi) is 4.84. The SMILES string of the molecule is C[C@]12CC[C@@]3(C)[C@@H](CCC4C[C@@H](OS(C)(=O)=O)CC[C@@]43C)C1=CC=C2c1cccnc1. The average Bonchev–Trinajstić information content (AvgIpc) is 3.06. The van der Waals surface area contributed by atoms with Crippen LogP contribution in [0, 0.1) is 28.1 Å². The van der Waals surface area contributed by atoms with E-state index in [1.165, 1.54) is 30.2 Å². The molecule has 3 fully saturated rings. The molecule has 5 rings (SSSR count). The maximum absolute atomic E-state index is 11.7. The first-order valence-electron chi connectivity index (χ1n) is 11.8. The molecule has 0 bridgehead atoms. The first-order valence-corrected chi connectivity index (χ1v) is 13.6. The minimum absolute atomic E-state index is 0.104. The molecule has 0 radical (unpaired) electrons. The van der Waals surface area contributed by atoms with Crippen LogP contribution in [0.2, 0.25) is 0 Å². The van der Waals surface area contributed by atoms with Crippen LogP contribution in [-0.2, 0) is 14.3 Å². The van der Waals surface area contributed by atoms with Crippen LogP contribution in [0.5, 0.6) is 0 Å². The molecular formula is C26H35NO3S. The Labute approximate surface area is 187 Å². The van der Waals surface area contributed by atoms with Gasteiger partial charge in [-0.1, -0.05) is 44.6 Å². The topological polar surface area (TPSA) is 56.3 Å². The number of fused-ring (bicyclic) bond motifs is 5. The van der Waals surface area contributed by atoms with Gasteiger partial charge in [0.2, 0.25) is 0 Å². The second kappa shape index (κ2) is 7.02. The number of hydrogen-bond acceptors (Lipinski definition) is 4. The second-order valence-corrected chi connectivity index (χ2v) is 12.7. The third-order valence-corrected chi connectivity index (χ3v) is 10.4. The molecule has 0 amide bonds. The second-order valence-electron chi connectivity index (χ2n) is 11.1. The third kappa shape index (κ3) is 3.18. The number of allylic oxidation sites excluding steroid dienone is 4. The summed E-state index contributed by atoms with van der Waals surface area (Å²) in [5.41, 5.74) is 4.87. The van der Waals surface area contributed by atoms with E-state index in [4.69, 9.17) is 4.18 Å². The van der Waals surface area contributed by atoms with Gasteiger partial charge in [-0.2, -0.15) is 8.42 Å². The number of rotatable bonds is 3. The highest BCUT2D eigenvalue weighted by molar-refractivity contribution is 7.86. The van der Waals surface area contributed by atoms with E-state index < -0.39 is 10.1 Å². The van der Waals surface area contributed by atoms with Crippen molar-refractivity contribution in [3.05, 3.63) is 47.8 Å². The van der Waals surface area contributed by atoms with Gasteiger partial charge in [0.1, 0.15) is 0 Å². The molecule has 6 atom stereocenters. The Morgan fingerprint density at radius 2 is 1.84 bits per heavy atom. The van der Waals surface area contributed by atoms with Crippen molar-refractivity contribution >= 4 is 15.7 Å².